The average Bonchev–Trinajstić information content (AvgIpc) is 3.40. The van der Waals surface area contributed by atoms with Gasteiger partial charge in [0, 0.05) is 59.8 Å². The summed E-state index contributed by atoms with van der Waals surface area (Å²) in [7, 11) is 5.32. The van der Waals surface area contributed by atoms with E-state index in [0.29, 0.717) is 17.2 Å². The molecule has 0 aliphatic carbocycles. The number of amides is 2. The summed E-state index contributed by atoms with van der Waals surface area (Å²) in [5.41, 5.74) is 3.17. The molecule has 0 radical (unpaired) electrons. The van der Waals surface area contributed by atoms with Gasteiger partial charge in [-0.1, -0.05) is 0 Å². The zero-order valence-corrected chi connectivity index (χ0v) is 19.1. The Morgan fingerprint density at radius 1 is 1.13 bits per heavy atom. The number of nitrogens with zero attached hydrogens (tertiary/aromatic N) is 2. The summed E-state index contributed by atoms with van der Waals surface area (Å²) < 4.78 is 12.7. The first kappa shape index (κ1) is 21.3. The van der Waals surface area contributed by atoms with Gasteiger partial charge in [0.15, 0.2) is 0 Å². The summed E-state index contributed by atoms with van der Waals surface area (Å²) in [6, 6.07) is 8.93. The van der Waals surface area contributed by atoms with E-state index in [1.54, 1.807) is 32.4 Å². The van der Waals surface area contributed by atoms with Crippen LogP contribution in [-0.4, -0.2) is 43.3 Å². The molecule has 1 aromatic carbocycles. The molecule has 1 atom stereocenters. The number of anilines is 1. The number of ether oxygens (including phenoxy) is 2. The third-order valence-corrected chi connectivity index (χ3v) is 6.74. The number of likely N-dealkylation sites (N-methyl/N-ethyl adjacent to an activating group) is 1. The second-order valence-corrected chi connectivity index (χ2v) is 8.81. The van der Waals surface area contributed by atoms with Crippen molar-refractivity contribution in [3.05, 3.63) is 58.7 Å². The molecule has 2 aromatic heterocycles. The highest BCUT2D eigenvalue weighted by molar-refractivity contribution is 7.15. The largest absolute Gasteiger partial charge is 0.497 e. The molecule has 0 unspecified atom stereocenters. The van der Waals surface area contributed by atoms with Crippen molar-refractivity contribution in [2.24, 2.45) is 0 Å². The number of aromatic nitrogens is 1. The molecule has 1 aliphatic heterocycles. The highest BCUT2D eigenvalue weighted by atomic mass is 32.1. The Bertz CT molecular complexity index is 1040. The second-order valence-electron chi connectivity index (χ2n) is 7.72. The lowest BCUT2D eigenvalue weighted by Gasteiger charge is -2.24. The van der Waals surface area contributed by atoms with Gasteiger partial charge in [0.05, 0.1) is 20.3 Å². The number of carbonyl (C=O) groups excluding carboxylic acids is 1. The Morgan fingerprint density at radius 2 is 1.81 bits per heavy atom. The Kier molecular flexibility index (Phi) is 6.20. The molecule has 0 saturated carbocycles. The van der Waals surface area contributed by atoms with Crippen molar-refractivity contribution in [2.75, 3.05) is 33.1 Å². The minimum absolute atomic E-state index is 0.145. The lowest BCUT2D eigenvalue weighted by molar-refractivity contribution is 0.249. The van der Waals surface area contributed by atoms with Gasteiger partial charge in [0.2, 0.25) is 0 Å². The van der Waals surface area contributed by atoms with Crippen LogP contribution in [0.15, 0.2) is 42.7 Å². The summed E-state index contributed by atoms with van der Waals surface area (Å²) in [5, 5.41) is 7.19. The summed E-state index contributed by atoms with van der Waals surface area (Å²) in [4.78, 5) is 16.5. The molecule has 3 heterocycles. The molecule has 31 heavy (non-hydrogen) atoms. The monoisotopic (exact) mass is 440 g/mol. The van der Waals surface area contributed by atoms with Gasteiger partial charge < -0.3 is 29.6 Å². The van der Waals surface area contributed by atoms with Gasteiger partial charge in [-0.3, -0.25) is 0 Å². The summed E-state index contributed by atoms with van der Waals surface area (Å²) in [5.74, 6) is 1.24. The number of carbonyl (C=O) groups is 1. The van der Waals surface area contributed by atoms with Gasteiger partial charge >= 0.3 is 6.03 Å². The van der Waals surface area contributed by atoms with Crippen molar-refractivity contribution in [1.29, 1.82) is 0 Å². The third-order valence-electron chi connectivity index (χ3n) is 5.50. The first-order valence-corrected chi connectivity index (χ1v) is 11.1. The molecule has 164 valence electrons. The van der Waals surface area contributed by atoms with E-state index in [1.165, 1.54) is 21.0 Å². The van der Waals surface area contributed by atoms with Crippen LogP contribution in [0.25, 0.3) is 5.00 Å². The van der Waals surface area contributed by atoms with Gasteiger partial charge in [-0.05, 0) is 38.1 Å². The molecule has 3 aromatic rings. The second kappa shape index (κ2) is 9.03. The standard InChI is InChI=1S/C23H28N4O3S/c1-15(24-23(28)25-16-11-17(29-3)13-18(12-16)30-4)21-19-7-10-26(2)14-20(19)31-22(21)27-8-5-6-9-27/h5-6,8-9,11-13,15H,7,10,14H2,1-4H3,(H2,24,25,28)/t15-/m1/s1. The average molecular weight is 441 g/mol. The smallest absolute Gasteiger partial charge is 0.319 e. The SMILES string of the molecule is COc1cc(NC(=O)N[C@H](C)c2c(-n3cccc3)sc3c2CCN(C)C3)cc(OC)c1. The van der Waals surface area contributed by atoms with Crippen LogP contribution in [0.2, 0.25) is 0 Å². The number of hydrogen-bond acceptors (Lipinski definition) is 5. The predicted molar refractivity (Wildman–Crippen MR) is 124 cm³/mol. The van der Waals surface area contributed by atoms with Gasteiger partial charge in [-0.15, -0.1) is 11.3 Å². The molecule has 0 spiro atoms. The van der Waals surface area contributed by atoms with Gasteiger partial charge in [-0.2, -0.15) is 0 Å². The van der Waals surface area contributed by atoms with Crippen LogP contribution in [0.3, 0.4) is 0 Å². The maximum absolute atomic E-state index is 12.8. The molecule has 7 nitrogen and oxygen atoms in total. The van der Waals surface area contributed by atoms with E-state index in [-0.39, 0.29) is 12.1 Å². The Balaban J connectivity index is 1.57. The highest BCUT2D eigenvalue weighted by Gasteiger charge is 2.27. The molecule has 0 bridgehead atoms. The number of nitrogens with one attached hydrogen (secondary N) is 2. The lowest BCUT2D eigenvalue weighted by atomic mass is 9.98. The molecular weight excluding hydrogens is 412 g/mol. The van der Waals surface area contributed by atoms with Crippen molar-refractivity contribution in [2.45, 2.75) is 25.9 Å². The maximum atomic E-state index is 12.8. The van der Waals surface area contributed by atoms with E-state index >= 15 is 0 Å². The third kappa shape index (κ3) is 4.55. The van der Waals surface area contributed by atoms with E-state index in [9.17, 15) is 4.79 Å². The topological polar surface area (TPSA) is 67.8 Å². The van der Waals surface area contributed by atoms with Crippen molar-refractivity contribution in [3.63, 3.8) is 0 Å². The van der Waals surface area contributed by atoms with Crippen LogP contribution in [0.1, 0.15) is 29.0 Å². The number of hydrogen-bond donors (Lipinski definition) is 2. The van der Waals surface area contributed by atoms with Crippen LogP contribution in [0.5, 0.6) is 11.5 Å². The predicted octanol–water partition coefficient (Wildman–Crippen LogP) is 4.43. The van der Waals surface area contributed by atoms with E-state index in [2.05, 4.69) is 39.5 Å². The Hall–Kier alpha value is -2.97. The van der Waals surface area contributed by atoms with Crippen LogP contribution in [0, 0.1) is 0 Å². The van der Waals surface area contributed by atoms with Crippen LogP contribution in [-0.2, 0) is 13.0 Å². The fourth-order valence-electron chi connectivity index (χ4n) is 3.97. The van der Waals surface area contributed by atoms with Crippen LogP contribution < -0.4 is 20.1 Å². The minimum Gasteiger partial charge on any atom is -0.497 e. The first-order valence-electron chi connectivity index (χ1n) is 10.3. The molecule has 0 saturated heterocycles. The minimum atomic E-state index is -0.269. The lowest BCUT2D eigenvalue weighted by Crippen LogP contribution is -2.32. The molecule has 0 fully saturated rings. The van der Waals surface area contributed by atoms with Gasteiger partial charge in [0.25, 0.3) is 0 Å². The molecule has 1 aliphatic rings. The number of fused-ring (bicyclic) bond motifs is 1. The summed E-state index contributed by atoms with van der Waals surface area (Å²) >= 11 is 1.81. The molecule has 4 rings (SSSR count). The van der Waals surface area contributed by atoms with E-state index in [0.717, 1.165) is 19.5 Å². The first-order chi connectivity index (χ1) is 15.0. The van der Waals surface area contributed by atoms with Gasteiger partial charge in [0.1, 0.15) is 16.5 Å². The number of methoxy groups -OCH3 is 2. The highest BCUT2D eigenvalue weighted by Crippen LogP contribution is 2.39. The zero-order valence-electron chi connectivity index (χ0n) is 18.3. The number of rotatable bonds is 6. The molecule has 8 heteroatoms. The molecule has 2 amide bonds. The van der Waals surface area contributed by atoms with Gasteiger partial charge in [-0.25, -0.2) is 4.79 Å². The fraction of sp³-hybridized carbons (Fsp3) is 0.348. The quantitative estimate of drug-likeness (QED) is 0.595. The van der Waals surface area contributed by atoms with E-state index in [1.807, 2.05) is 30.4 Å². The van der Waals surface area contributed by atoms with Crippen molar-refractivity contribution >= 4 is 23.1 Å². The molecule has 2 N–H and O–H groups in total. The Morgan fingerprint density at radius 3 is 2.45 bits per heavy atom. The van der Waals surface area contributed by atoms with E-state index in [4.69, 9.17) is 9.47 Å². The Labute approximate surface area is 186 Å². The summed E-state index contributed by atoms with van der Waals surface area (Å²) in [6.45, 7) is 4.00. The van der Waals surface area contributed by atoms with Crippen molar-refractivity contribution in [3.8, 4) is 16.5 Å². The number of benzene rings is 1. The maximum Gasteiger partial charge on any atom is 0.319 e. The van der Waals surface area contributed by atoms with E-state index < -0.39 is 0 Å². The zero-order chi connectivity index (χ0) is 22.0. The summed E-state index contributed by atoms with van der Waals surface area (Å²) in [6.07, 6.45) is 5.10. The van der Waals surface area contributed by atoms with Crippen LogP contribution in [0.4, 0.5) is 10.5 Å². The number of urea groups is 1. The molecular formula is C23H28N4O3S. The fourth-order valence-corrected chi connectivity index (χ4v) is 5.46. The normalized spacial score (nSPS) is 14.6. The van der Waals surface area contributed by atoms with Crippen molar-refractivity contribution < 1.29 is 14.3 Å². The number of thiophene rings is 1. The van der Waals surface area contributed by atoms with Crippen LogP contribution >= 0.6 is 11.3 Å². The van der Waals surface area contributed by atoms with Crippen molar-refractivity contribution in [1.82, 2.24) is 14.8 Å².